The molecule has 0 bridgehead atoms. The Morgan fingerprint density at radius 3 is 2.75 bits per heavy atom. The molecule has 0 amide bonds. The van der Waals surface area contributed by atoms with Crippen LogP contribution in [-0.4, -0.2) is 6.61 Å². The molecule has 0 aromatic heterocycles. The lowest BCUT2D eigenvalue weighted by Gasteiger charge is -2.15. The van der Waals surface area contributed by atoms with E-state index < -0.39 is 0 Å². The second-order valence-electron chi connectivity index (χ2n) is 4.14. The van der Waals surface area contributed by atoms with Crippen molar-refractivity contribution in [3.8, 4) is 5.75 Å². The summed E-state index contributed by atoms with van der Waals surface area (Å²) in [5.41, 5.74) is 1.32. The number of nitrogens with one attached hydrogen (secondary N) is 1. The Morgan fingerprint density at radius 1 is 1.30 bits per heavy atom. The first-order valence-electron chi connectivity index (χ1n) is 6.21. The van der Waals surface area contributed by atoms with Crippen LogP contribution in [0.2, 0.25) is 5.02 Å². The van der Waals surface area contributed by atoms with E-state index in [1.165, 1.54) is 6.07 Å². The van der Waals surface area contributed by atoms with Crippen LogP contribution in [0.15, 0.2) is 40.9 Å². The van der Waals surface area contributed by atoms with Crippen LogP contribution < -0.4 is 10.1 Å². The summed E-state index contributed by atoms with van der Waals surface area (Å²) in [6.07, 6.45) is 0. The van der Waals surface area contributed by atoms with Crippen LogP contribution in [-0.2, 0) is 6.54 Å². The molecular formula is C15H14BrClFNO. The van der Waals surface area contributed by atoms with Crippen molar-refractivity contribution in [2.45, 2.75) is 13.5 Å². The molecule has 20 heavy (non-hydrogen) atoms. The van der Waals surface area contributed by atoms with Gasteiger partial charge in [-0.2, -0.15) is 0 Å². The molecule has 0 saturated carbocycles. The smallest absolute Gasteiger partial charge is 0.156 e. The van der Waals surface area contributed by atoms with Crippen LogP contribution in [0.1, 0.15) is 12.5 Å². The predicted octanol–water partition coefficient (Wildman–Crippen LogP) is 5.25. The fourth-order valence-electron chi connectivity index (χ4n) is 1.81. The summed E-state index contributed by atoms with van der Waals surface area (Å²) in [5, 5.41) is 3.74. The summed E-state index contributed by atoms with van der Waals surface area (Å²) >= 11 is 9.45. The zero-order chi connectivity index (χ0) is 14.5. The quantitative estimate of drug-likeness (QED) is 0.788. The maximum absolute atomic E-state index is 13.6. The van der Waals surface area contributed by atoms with Gasteiger partial charge in [0.05, 0.1) is 16.8 Å². The third kappa shape index (κ3) is 3.64. The fourth-order valence-corrected chi connectivity index (χ4v) is 2.74. The molecule has 2 aromatic rings. The Balaban J connectivity index is 2.22. The van der Waals surface area contributed by atoms with Crippen LogP contribution in [0.3, 0.4) is 0 Å². The van der Waals surface area contributed by atoms with Crippen molar-refractivity contribution in [3.05, 3.63) is 57.3 Å². The summed E-state index contributed by atoms with van der Waals surface area (Å²) in [6, 6.07) is 10.2. The van der Waals surface area contributed by atoms with E-state index in [1.54, 1.807) is 30.3 Å². The molecule has 0 heterocycles. The highest BCUT2D eigenvalue weighted by atomic mass is 79.9. The molecule has 0 aliphatic heterocycles. The van der Waals surface area contributed by atoms with Gasteiger partial charge in [0.2, 0.25) is 0 Å². The first-order chi connectivity index (χ1) is 9.61. The van der Waals surface area contributed by atoms with E-state index in [1.807, 2.05) is 6.92 Å². The minimum atomic E-state index is -0.237. The van der Waals surface area contributed by atoms with Crippen LogP contribution >= 0.6 is 27.5 Å². The molecule has 2 nitrogen and oxygen atoms in total. The van der Waals surface area contributed by atoms with E-state index in [0.717, 1.165) is 10.2 Å². The zero-order valence-corrected chi connectivity index (χ0v) is 13.3. The fraction of sp³-hybridized carbons (Fsp3) is 0.200. The van der Waals surface area contributed by atoms with E-state index in [0.29, 0.717) is 29.5 Å². The van der Waals surface area contributed by atoms with Gasteiger partial charge in [0.1, 0.15) is 5.82 Å². The molecule has 0 spiro atoms. The maximum atomic E-state index is 13.6. The molecular weight excluding hydrogens is 345 g/mol. The number of benzene rings is 2. The van der Waals surface area contributed by atoms with Crippen LogP contribution in [0.25, 0.3) is 0 Å². The Labute approximate surface area is 131 Å². The molecule has 2 rings (SSSR count). The number of hydrogen-bond donors (Lipinski definition) is 1. The molecule has 1 N–H and O–H groups in total. The molecule has 0 aliphatic rings. The zero-order valence-electron chi connectivity index (χ0n) is 10.9. The number of halogens is 3. The van der Waals surface area contributed by atoms with Crippen LogP contribution in [0.4, 0.5) is 10.1 Å². The largest absolute Gasteiger partial charge is 0.491 e. The van der Waals surface area contributed by atoms with Crippen LogP contribution in [0.5, 0.6) is 5.75 Å². The Hall–Kier alpha value is -1.26. The first kappa shape index (κ1) is 15.1. The van der Waals surface area contributed by atoms with E-state index in [4.69, 9.17) is 16.3 Å². The molecule has 0 atom stereocenters. The van der Waals surface area contributed by atoms with Crippen molar-refractivity contribution in [3.63, 3.8) is 0 Å². The molecule has 0 fully saturated rings. The van der Waals surface area contributed by atoms with E-state index >= 15 is 0 Å². The average molecular weight is 359 g/mol. The minimum Gasteiger partial charge on any atom is -0.491 e. The Morgan fingerprint density at radius 2 is 2.05 bits per heavy atom. The van der Waals surface area contributed by atoms with Gasteiger partial charge >= 0.3 is 0 Å². The predicted molar refractivity (Wildman–Crippen MR) is 84.0 cm³/mol. The van der Waals surface area contributed by atoms with Gasteiger partial charge in [-0.1, -0.05) is 29.8 Å². The first-order valence-corrected chi connectivity index (χ1v) is 7.38. The number of ether oxygens (including phenoxy) is 1. The van der Waals surface area contributed by atoms with Gasteiger partial charge < -0.3 is 10.1 Å². The number of rotatable bonds is 5. The van der Waals surface area contributed by atoms with Crippen molar-refractivity contribution in [1.29, 1.82) is 0 Å². The second kappa shape index (κ2) is 6.95. The standard InChI is InChI=1S/C15H14BrClFNO/c1-2-20-15-12(16)7-11(17)8-14(15)19-9-10-5-3-4-6-13(10)18/h3-8,19H,2,9H2,1H3. The van der Waals surface area contributed by atoms with Gasteiger partial charge in [0.15, 0.2) is 5.75 Å². The lowest BCUT2D eigenvalue weighted by Crippen LogP contribution is -2.04. The molecule has 2 aromatic carbocycles. The van der Waals surface area contributed by atoms with Crippen LogP contribution in [0, 0.1) is 5.82 Å². The molecule has 0 radical (unpaired) electrons. The second-order valence-corrected chi connectivity index (χ2v) is 5.43. The third-order valence-electron chi connectivity index (χ3n) is 2.72. The van der Waals surface area contributed by atoms with Gasteiger partial charge in [-0.25, -0.2) is 4.39 Å². The van der Waals surface area contributed by atoms with E-state index in [-0.39, 0.29) is 5.82 Å². The summed E-state index contributed by atoms with van der Waals surface area (Å²) < 4.78 is 19.9. The SMILES string of the molecule is CCOc1c(Br)cc(Cl)cc1NCc1ccccc1F. The molecule has 5 heteroatoms. The lowest BCUT2D eigenvalue weighted by atomic mass is 10.2. The lowest BCUT2D eigenvalue weighted by molar-refractivity contribution is 0.339. The minimum absolute atomic E-state index is 0.237. The van der Waals surface area contributed by atoms with Gasteiger partial charge in [0, 0.05) is 17.1 Å². The maximum Gasteiger partial charge on any atom is 0.156 e. The molecule has 106 valence electrons. The molecule has 0 aliphatic carbocycles. The van der Waals surface area contributed by atoms with Crippen molar-refractivity contribution < 1.29 is 9.13 Å². The summed E-state index contributed by atoms with van der Waals surface area (Å²) in [6.45, 7) is 2.80. The Bertz CT molecular complexity index is 606. The third-order valence-corrected chi connectivity index (χ3v) is 3.53. The van der Waals surface area contributed by atoms with Crippen molar-refractivity contribution in [1.82, 2.24) is 0 Å². The highest BCUT2D eigenvalue weighted by Gasteiger charge is 2.10. The topological polar surface area (TPSA) is 21.3 Å². The molecule has 0 saturated heterocycles. The van der Waals surface area contributed by atoms with Gasteiger partial charge in [0.25, 0.3) is 0 Å². The number of anilines is 1. The van der Waals surface area contributed by atoms with E-state index in [9.17, 15) is 4.39 Å². The van der Waals surface area contributed by atoms with Crippen molar-refractivity contribution in [2.24, 2.45) is 0 Å². The highest BCUT2D eigenvalue weighted by molar-refractivity contribution is 9.10. The van der Waals surface area contributed by atoms with E-state index in [2.05, 4.69) is 21.2 Å². The van der Waals surface area contributed by atoms with Gasteiger partial charge in [-0.15, -0.1) is 0 Å². The van der Waals surface area contributed by atoms with Crippen molar-refractivity contribution in [2.75, 3.05) is 11.9 Å². The average Bonchev–Trinajstić information content (AvgIpc) is 2.41. The van der Waals surface area contributed by atoms with Gasteiger partial charge in [-0.3, -0.25) is 0 Å². The van der Waals surface area contributed by atoms with Gasteiger partial charge in [-0.05, 0) is 41.1 Å². The monoisotopic (exact) mass is 357 g/mol. The highest BCUT2D eigenvalue weighted by Crippen LogP contribution is 2.36. The number of hydrogen-bond acceptors (Lipinski definition) is 2. The van der Waals surface area contributed by atoms with Crippen molar-refractivity contribution >= 4 is 33.2 Å². The normalized spacial score (nSPS) is 10.4. The Kier molecular flexibility index (Phi) is 5.26. The molecule has 0 unspecified atom stereocenters. The summed E-state index contributed by atoms with van der Waals surface area (Å²) in [4.78, 5) is 0. The summed E-state index contributed by atoms with van der Waals surface area (Å²) in [7, 11) is 0. The summed E-state index contributed by atoms with van der Waals surface area (Å²) in [5.74, 6) is 0.437.